The largest absolute Gasteiger partial charge is 0.469 e. The average molecular weight is 283 g/mol. The molecular formula is C15H25NO4. The van der Waals surface area contributed by atoms with Crippen LogP contribution in [0.3, 0.4) is 0 Å². The maximum atomic E-state index is 11.9. The molecule has 0 aromatic carbocycles. The van der Waals surface area contributed by atoms with Crippen LogP contribution in [0, 0.1) is 5.41 Å². The average Bonchev–Trinajstić information content (AvgIpc) is 2.35. The van der Waals surface area contributed by atoms with Crippen LogP contribution in [-0.2, 0) is 19.1 Å². The zero-order valence-corrected chi connectivity index (χ0v) is 12.4. The van der Waals surface area contributed by atoms with Crippen molar-refractivity contribution in [3.05, 3.63) is 0 Å². The zero-order chi connectivity index (χ0) is 14.6. The summed E-state index contributed by atoms with van der Waals surface area (Å²) in [7, 11) is 1.37. The molecule has 2 atom stereocenters. The van der Waals surface area contributed by atoms with Crippen LogP contribution in [0.2, 0.25) is 0 Å². The molecule has 2 aliphatic rings. The first kappa shape index (κ1) is 15.3. The number of carbonyl (C=O) groups excluding carboxylic acids is 2. The van der Waals surface area contributed by atoms with Crippen molar-refractivity contribution in [2.75, 3.05) is 13.7 Å². The van der Waals surface area contributed by atoms with Crippen LogP contribution in [-0.4, -0.2) is 37.7 Å². The van der Waals surface area contributed by atoms with Crippen molar-refractivity contribution in [1.82, 2.24) is 5.32 Å². The zero-order valence-electron chi connectivity index (χ0n) is 12.4. The third kappa shape index (κ3) is 2.97. The van der Waals surface area contributed by atoms with Gasteiger partial charge in [-0.15, -0.1) is 0 Å². The van der Waals surface area contributed by atoms with Crippen molar-refractivity contribution < 1.29 is 19.1 Å². The normalized spacial score (nSPS) is 26.5. The second-order valence-electron chi connectivity index (χ2n) is 5.82. The van der Waals surface area contributed by atoms with Crippen LogP contribution in [0.25, 0.3) is 0 Å². The van der Waals surface area contributed by atoms with Gasteiger partial charge in [-0.05, 0) is 32.6 Å². The molecule has 0 aromatic rings. The summed E-state index contributed by atoms with van der Waals surface area (Å²) in [4.78, 5) is 22.9. The summed E-state index contributed by atoms with van der Waals surface area (Å²) >= 11 is 0. The molecule has 0 heterocycles. The summed E-state index contributed by atoms with van der Waals surface area (Å²) in [5.41, 5.74) is 0.202. The second kappa shape index (κ2) is 6.57. The van der Waals surface area contributed by atoms with Gasteiger partial charge in [0.2, 0.25) is 5.91 Å². The third-order valence-corrected chi connectivity index (χ3v) is 4.78. The summed E-state index contributed by atoms with van der Waals surface area (Å²) in [6, 6.07) is 0.262. The van der Waals surface area contributed by atoms with Crippen LogP contribution in [0.15, 0.2) is 0 Å². The highest BCUT2D eigenvalue weighted by atomic mass is 16.5. The fraction of sp³-hybridized carbons (Fsp3) is 0.867. The van der Waals surface area contributed by atoms with Gasteiger partial charge in [-0.25, -0.2) is 0 Å². The van der Waals surface area contributed by atoms with Gasteiger partial charge < -0.3 is 14.8 Å². The van der Waals surface area contributed by atoms with Crippen LogP contribution in [0.4, 0.5) is 0 Å². The van der Waals surface area contributed by atoms with Crippen LogP contribution >= 0.6 is 0 Å². The van der Waals surface area contributed by atoms with Gasteiger partial charge in [-0.3, -0.25) is 9.59 Å². The van der Waals surface area contributed by atoms with Crippen molar-refractivity contribution in [2.24, 2.45) is 5.41 Å². The number of hydrogen-bond donors (Lipinski definition) is 1. The summed E-state index contributed by atoms with van der Waals surface area (Å²) in [6.07, 6.45) is 6.04. The van der Waals surface area contributed by atoms with Gasteiger partial charge >= 0.3 is 5.97 Å². The Kier molecular flexibility index (Phi) is 5.02. The number of hydrogen-bond acceptors (Lipinski definition) is 4. The summed E-state index contributed by atoms with van der Waals surface area (Å²) in [5.74, 6) is -0.214. The lowest BCUT2D eigenvalue weighted by Crippen LogP contribution is -2.67. The Hall–Kier alpha value is -1.10. The lowest BCUT2D eigenvalue weighted by Gasteiger charge is -2.61. The molecule has 5 nitrogen and oxygen atoms in total. The van der Waals surface area contributed by atoms with Crippen molar-refractivity contribution in [2.45, 2.75) is 64.0 Å². The van der Waals surface area contributed by atoms with E-state index < -0.39 is 0 Å². The first-order valence-corrected chi connectivity index (χ1v) is 7.60. The van der Waals surface area contributed by atoms with E-state index in [1.54, 1.807) is 0 Å². The SMILES string of the molecule is CCO[C@H]1C[C@H](NC(=O)CCCC(=O)OC)C12CCC2. The van der Waals surface area contributed by atoms with Crippen molar-refractivity contribution in [3.63, 3.8) is 0 Å². The molecular weight excluding hydrogens is 258 g/mol. The van der Waals surface area contributed by atoms with Gasteiger partial charge in [0.1, 0.15) is 0 Å². The molecule has 2 saturated carbocycles. The molecule has 2 fully saturated rings. The number of rotatable bonds is 7. The molecule has 0 aliphatic heterocycles. The Morgan fingerprint density at radius 2 is 2.05 bits per heavy atom. The smallest absolute Gasteiger partial charge is 0.305 e. The molecule has 0 saturated heterocycles. The monoisotopic (exact) mass is 283 g/mol. The predicted octanol–water partition coefficient (Wildman–Crippen LogP) is 1.79. The molecule has 0 radical (unpaired) electrons. The van der Waals surface area contributed by atoms with Crippen molar-refractivity contribution in [3.8, 4) is 0 Å². The van der Waals surface area contributed by atoms with Gasteiger partial charge in [0.15, 0.2) is 0 Å². The minimum absolute atomic E-state index is 0.0418. The molecule has 1 amide bonds. The van der Waals surface area contributed by atoms with Gasteiger partial charge in [0.25, 0.3) is 0 Å². The van der Waals surface area contributed by atoms with E-state index in [0.717, 1.165) is 25.9 Å². The minimum Gasteiger partial charge on any atom is -0.469 e. The number of amides is 1. The molecule has 2 aliphatic carbocycles. The number of nitrogens with one attached hydrogen (secondary N) is 1. The molecule has 5 heteroatoms. The second-order valence-corrected chi connectivity index (χ2v) is 5.82. The molecule has 1 N–H and O–H groups in total. The highest BCUT2D eigenvalue weighted by Gasteiger charge is 2.59. The third-order valence-electron chi connectivity index (χ3n) is 4.78. The van der Waals surface area contributed by atoms with Crippen molar-refractivity contribution >= 4 is 11.9 Å². The molecule has 1 spiro atoms. The Balaban J connectivity index is 1.71. The number of carbonyl (C=O) groups is 2. The molecule has 0 aromatic heterocycles. The number of esters is 1. The van der Waals surface area contributed by atoms with E-state index in [0.29, 0.717) is 25.4 Å². The van der Waals surface area contributed by atoms with E-state index >= 15 is 0 Å². The topological polar surface area (TPSA) is 64.6 Å². The molecule has 0 bridgehead atoms. The van der Waals surface area contributed by atoms with E-state index in [2.05, 4.69) is 10.1 Å². The summed E-state index contributed by atoms with van der Waals surface area (Å²) in [5, 5.41) is 3.12. The van der Waals surface area contributed by atoms with E-state index in [1.807, 2.05) is 6.92 Å². The van der Waals surface area contributed by atoms with E-state index in [-0.39, 0.29) is 23.3 Å². The van der Waals surface area contributed by atoms with Crippen LogP contribution < -0.4 is 5.32 Å². The molecule has 20 heavy (non-hydrogen) atoms. The number of methoxy groups -OCH3 is 1. The Bertz CT molecular complexity index is 365. The lowest BCUT2D eigenvalue weighted by atomic mass is 9.51. The quantitative estimate of drug-likeness (QED) is 0.724. The van der Waals surface area contributed by atoms with Gasteiger partial charge in [0, 0.05) is 30.9 Å². The van der Waals surface area contributed by atoms with Crippen molar-refractivity contribution in [1.29, 1.82) is 0 Å². The van der Waals surface area contributed by atoms with Gasteiger partial charge in [0.05, 0.1) is 13.2 Å². The lowest BCUT2D eigenvalue weighted by molar-refractivity contribution is -0.175. The Morgan fingerprint density at radius 3 is 2.60 bits per heavy atom. The standard InChI is InChI=1S/C15H25NO4/c1-3-20-12-10-11(15(12)8-5-9-15)16-13(17)6-4-7-14(18)19-2/h11-12H,3-10H2,1-2H3,(H,16,17)/t11-,12-/m0/s1. The van der Waals surface area contributed by atoms with Crippen LogP contribution in [0.1, 0.15) is 51.9 Å². The molecule has 2 rings (SSSR count). The predicted molar refractivity (Wildman–Crippen MR) is 74.1 cm³/mol. The van der Waals surface area contributed by atoms with E-state index in [1.165, 1.54) is 13.5 Å². The maximum absolute atomic E-state index is 11.9. The fourth-order valence-electron chi connectivity index (χ4n) is 3.40. The highest BCUT2D eigenvalue weighted by molar-refractivity contribution is 5.77. The van der Waals surface area contributed by atoms with E-state index in [4.69, 9.17) is 4.74 Å². The Labute approximate surface area is 120 Å². The minimum atomic E-state index is -0.256. The number of ether oxygens (including phenoxy) is 2. The Morgan fingerprint density at radius 1 is 1.30 bits per heavy atom. The van der Waals surface area contributed by atoms with Gasteiger partial charge in [-0.2, -0.15) is 0 Å². The first-order chi connectivity index (χ1) is 9.62. The van der Waals surface area contributed by atoms with E-state index in [9.17, 15) is 9.59 Å². The summed E-state index contributed by atoms with van der Waals surface area (Å²) in [6.45, 7) is 2.76. The highest BCUT2D eigenvalue weighted by Crippen LogP contribution is 2.57. The first-order valence-electron chi connectivity index (χ1n) is 7.60. The molecule has 114 valence electrons. The fourth-order valence-corrected chi connectivity index (χ4v) is 3.40. The summed E-state index contributed by atoms with van der Waals surface area (Å²) < 4.78 is 10.3. The van der Waals surface area contributed by atoms with Crippen LogP contribution in [0.5, 0.6) is 0 Å². The maximum Gasteiger partial charge on any atom is 0.305 e. The van der Waals surface area contributed by atoms with Gasteiger partial charge in [-0.1, -0.05) is 6.42 Å². The molecule has 0 unspecified atom stereocenters.